The quantitative estimate of drug-likeness (QED) is 0.593. The second-order valence-electron chi connectivity index (χ2n) is 1.76. The topological polar surface area (TPSA) is 42.7 Å². The molecule has 0 amide bonds. The van der Waals surface area contributed by atoms with Crippen molar-refractivity contribution in [2.45, 2.75) is 6.54 Å². The average Bonchev–Trinajstić information content (AvgIpc) is 2.34. The van der Waals surface area contributed by atoms with E-state index in [1.54, 1.807) is 11.0 Å². The molecule has 50 valence electrons. The fourth-order valence-electron chi connectivity index (χ4n) is 0.575. The molecule has 0 atom stereocenters. The van der Waals surface area contributed by atoms with Crippen LogP contribution in [0.2, 0.25) is 0 Å². The van der Waals surface area contributed by atoms with E-state index in [-0.39, 0.29) is 0 Å². The van der Waals surface area contributed by atoms with Crippen LogP contribution in [0.15, 0.2) is 12.7 Å². The van der Waals surface area contributed by atoms with E-state index >= 15 is 0 Å². The van der Waals surface area contributed by atoms with Gasteiger partial charge in [0.15, 0.2) is 0 Å². The van der Waals surface area contributed by atoms with Gasteiger partial charge in [0.2, 0.25) is 0 Å². The number of nitrogens with one attached hydrogen (secondary N) is 1. The van der Waals surface area contributed by atoms with Crippen molar-refractivity contribution < 1.29 is 0 Å². The highest BCUT2D eigenvalue weighted by Crippen LogP contribution is 1.75. The highest BCUT2D eigenvalue weighted by Gasteiger charge is 1.85. The molecule has 0 spiro atoms. The SMILES string of the molecule is CNCCn1cncn1. The number of likely N-dealkylation sites (N-methyl/N-ethyl adjacent to an activating group) is 1. The van der Waals surface area contributed by atoms with Gasteiger partial charge in [-0.1, -0.05) is 0 Å². The fraction of sp³-hybridized carbons (Fsp3) is 0.600. The zero-order valence-corrected chi connectivity index (χ0v) is 5.41. The summed E-state index contributed by atoms with van der Waals surface area (Å²) in [6.07, 6.45) is 3.24. The van der Waals surface area contributed by atoms with E-state index in [0.717, 1.165) is 13.1 Å². The Morgan fingerprint density at radius 3 is 3.11 bits per heavy atom. The molecule has 0 unspecified atom stereocenters. The second kappa shape index (κ2) is 3.19. The summed E-state index contributed by atoms with van der Waals surface area (Å²) in [5.41, 5.74) is 0. The summed E-state index contributed by atoms with van der Waals surface area (Å²) >= 11 is 0. The van der Waals surface area contributed by atoms with Gasteiger partial charge in [0.05, 0.1) is 6.54 Å². The van der Waals surface area contributed by atoms with Gasteiger partial charge < -0.3 is 5.32 Å². The van der Waals surface area contributed by atoms with Gasteiger partial charge >= 0.3 is 0 Å². The first-order valence-corrected chi connectivity index (χ1v) is 2.90. The third-order valence-electron chi connectivity index (χ3n) is 1.06. The molecule has 0 aliphatic carbocycles. The Hall–Kier alpha value is -0.900. The highest BCUT2D eigenvalue weighted by atomic mass is 15.3. The maximum Gasteiger partial charge on any atom is 0.137 e. The lowest BCUT2D eigenvalue weighted by atomic mass is 10.6. The molecule has 1 aromatic heterocycles. The second-order valence-corrected chi connectivity index (χ2v) is 1.76. The number of rotatable bonds is 3. The van der Waals surface area contributed by atoms with E-state index in [2.05, 4.69) is 15.4 Å². The summed E-state index contributed by atoms with van der Waals surface area (Å²) in [5, 5.41) is 6.94. The van der Waals surface area contributed by atoms with Gasteiger partial charge in [0.1, 0.15) is 12.7 Å². The number of hydrogen-bond donors (Lipinski definition) is 1. The predicted octanol–water partition coefficient (Wildman–Crippen LogP) is -0.503. The van der Waals surface area contributed by atoms with Crippen LogP contribution in [-0.4, -0.2) is 28.4 Å². The molecule has 9 heavy (non-hydrogen) atoms. The summed E-state index contributed by atoms with van der Waals surface area (Å²) in [7, 11) is 1.91. The van der Waals surface area contributed by atoms with E-state index in [9.17, 15) is 0 Å². The van der Waals surface area contributed by atoms with Gasteiger partial charge in [0.25, 0.3) is 0 Å². The first kappa shape index (κ1) is 6.22. The van der Waals surface area contributed by atoms with Gasteiger partial charge in [0, 0.05) is 6.54 Å². The highest BCUT2D eigenvalue weighted by molar-refractivity contribution is 4.55. The number of hydrogen-bond acceptors (Lipinski definition) is 3. The lowest BCUT2D eigenvalue weighted by Gasteiger charge is -1.96. The molecule has 0 radical (unpaired) electrons. The standard InChI is InChI=1S/C5H10N4/c1-6-2-3-9-5-7-4-8-9/h4-6H,2-3H2,1H3. The van der Waals surface area contributed by atoms with Crippen molar-refractivity contribution >= 4 is 0 Å². The van der Waals surface area contributed by atoms with Crippen LogP contribution >= 0.6 is 0 Å². The van der Waals surface area contributed by atoms with Crippen molar-refractivity contribution in [3.8, 4) is 0 Å². The Bertz CT molecular complexity index is 146. The molecule has 4 heteroatoms. The van der Waals surface area contributed by atoms with Crippen LogP contribution in [0.5, 0.6) is 0 Å². The Morgan fingerprint density at radius 1 is 1.67 bits per heavy atom. The molecule has 0 aliphatic rings. The first-order chi connectivity index (χ1) is 4.43. The molecule has 1 aromatic rings. The smallest absolute Gasteiger partial charge is 0.137 e. The summed E-state index contributed by atoms with van der Waals surface area (Å²) in [6.45, 7) is 1.82. The zero-order chi connectivity index (χ0) is 6.53. The normalized spacial score (nSPS) is 9.89. The maximum absolute atomic E-state index is 3.92. The van der Waals surface area contributed by atoms with Crippen molar-refractivity contribution in [1.29, 1.82) is 0 Å². The predicted molar refractivity (Wildman–Crippen MR) is 33.9 cm³/mol. The van der Waals surface area contributed by atoms with Crippen molar-refractivity contribution in [3.05, 3.63) is 12.7 Å². The zero-order valence-electron chi connectivity index (χ0n) is 5.41. The lowest BCUT2D eigenvalue weighted by molar-refractivity contribution is 0.583. The minimum absolute atomic E-state index is 0.885. The van der Waals surface area contributed by atoms with E-state index in [1.165, 1.54) is 6.33 Å². The minimum Gasteiger partial charge on any atom is -0.318 e. The first-order valence-electron chi connectivity index (χ1n) is 2.90. The van der Waals surface area contributed by atoms with Crippen molar-refractivity contribution in [2.75, 3.05) is 13.6 Å². The fourth-order valence-corrected chi connectivity index (χ4v) is 0.575. The number of nitrogens with zero attached hydrogens (tertiary/aromatic N) is 3. The van der Waals surface area contributed by atoms with Crippen LogP contribution in [0.4, 0.5) is 0 Å². The van der Waals surface area contributed by atoms with E-state index in [4.69, 9.17) is 0 Å². The third kappa shape index (κ3) is 1.81. The van der Waals surface area contributed by atoms with Crippen LogP contribution in [-0.2, 0) is 6.54 Å². The van der Waals surface area contributed by atoms with E-state index in [0.29, 0.717) is 0 Å². The Morgan fingerprint density at radius 2 is 2.56 bits per heavy atom. The number of aromatic nitrogens is 3. The molecule has 0 fully saturated rings. The van der Waals surface area contributed by atoms with Gasteiger partial charge in [-0.15, -0.1) is 0 Å². The van der Waals surface area contributed by atoms with E-state index in [1.807, 2.05) is 7.05 Å². The minimum atomic E-state index is 0.885. The molecule has 4 nitrogen and oxygen atoms in total. The van der Waals surface area contributed by atoms with Crippen molar-refractivity contribution in [2.24, 2.45) is 0 Å². The largest absolute Gasteiger partial charge is 0.318 e. The van der Waals surface area contributed by atoms with Gasteiger partial charge in [-0.3, -0.25) is 4.68 Å². The Balaban J connectivity index is 2.30. The van der Waals surface area contributed by atoms with Crippen LogP contribution in [0.25, 0.3) is 0 Å². The molecule has 0 saturated carbocycles. The molecule has 1 heterocycles. The molecule has 1 N–H and O–H groups in total. The molecule has 0 saturated heterocycles. The van der Waals surface area contributed by atoms with Gasteiger partial charge in [-0.05, 0) is 7.05 Å². The summed E-state index contributed by atoms with van der Waals surface area (Å²) in [4.78, 5) is 3.80. The van der Waals surface area contributed by atoms with Crippen LogP contribution in [0.3, 0.4) is 0 Å². The average molecular weight is 126 g/mol. The maximum atomic E-state index is 3.92. The van der Waals surface area contributed by atoms with Crippen molar-refractivity contribution in [1.82, 2.24) is 20.1 Å². The van der Waals surface area contributed by atoms with Crippen LogP contribution in [0, 0.1) is 0 Å². The van der Waals surface area contributed by atoms with Crippen LogP contribution in [0.1, 0.15) is 0 Å². The van der Waals surface area contributed by atoms with Gasteiger partial charge in [-0.2, -0.15) is 5.10 Å². The summed E-state index contributed by atoms with van der Waals surface area (Å²) in [5.74, 6) is 0. The van der Waals surface area contributed by atoms with Crippen molar-refractivity contribution in [3.63, 3.8) is 0 Å². The molecular weight excluding hydrogens is 116 g/mol. The Labute approximate surface area is 53.9 Å². The summed E-state index contributed by atoms with van der Waals surface area (Å²) in [6, 6.07) is 0. The molecule has 0 aliphatic heterocycles. The molecule has 0 aromatic carbocycles. The van der Waals surface area contributed by atoms with E-state index < -0.39 is 0 Å². The lowest BCUT2D eigenvalue weighted by Crippen LogP contribution is -2.14. The molecular formula is C5H10N4. The monoisotopic (exact) mass is 126 g/mol. The third-order valence-corrected chi connectivity index (χ3v) is 1.06. The molecule has 0 bridgehead atoms. The van der Waals surface area contributed by atoms with Crippen LogP contribution < -0.4 is 5.32 Å². The summed E-state index contributed by atoms with van der Waals surface area (Å²) < 4.78 is 1.79. The Kier molecular flexibility index (Phi) is 2.21. The molecule has 1 rings (SSSR count). The van der Waals surface area contributed by atoms with Gasteiger partial charge in [-0.25, -0.2) is 4.98 Å².